The number of piperazine rings is 1. The Bertz CT molecular complexity index is 511. The zero-order valence-corrected chi connectivity index (χ0v) is 13.1. The van der Waals surface area contributed by atoms with Gasteiger partial charge in [-0.1, -0.05) is 6.92 Å². The van der Waals surface area contributed by atoms with E-state index >= 15 is 0 Å². The van der Waals surface area contributed by atoms with Gasteiger partial charge in [0, 0.05) is 39.6 Å². The molecule has 1 aromatic heterocycles. The summed E-state index contributed by atoms with van der Waals surface area (Å²) in [5, 5.41) is 3.31. The molecule has 2 aliphatic rings. The molecular weight excluding hydrogens is 266 g/mol. The Morgan fingerprint density at radius 1 is 1.48 bits per heavy atom. The molecule has 1 aromatic rings. The molecule has 2 heterocycles. The van der Waals surface area contributed by atoms with Gasteiger partial charge in [-0.2, -0.15) is 0 Å². The number of carbonyl (C=O) groups excluding carboxylic acids is 1. The van der Waals surface area contributed by atoms with Crippen molar-refractivity contribution in [1.82, 2.24) is 15.1 Å². The summed E-state index contributed by atoms with van der Waals surface area (Å²) in [5.74, 6) is 3.61. The summed E-state index contributed by atoms with van der Waals surface area (Å²) in [6.07, 6.45) is 1.24. The van der Waals surface area contributed by atoms with E-state index in [1.807, 2.05) is 14.1 Å². The smallest absolute Gasteiger partial charge is 0.240 e. The lowest BCUT2D eigenvalue weighted by molar-refractivity contribution is -0.135. The maximum absolute atomic E-state index is 12.3. The lowest BCUT2D eigenvalue weighted by Gasteiger charge is -2.35. The molecule has 116 valence electrons. The highest BCUT2D eigenvalue weighted by Crippen LogP contribution is 2.47. The van der Waals surface area contributed by atoms with E-state index in [1.165, 1.54) is 6.42 Å². The summed E-state index contributed by atoms with van der Waals surface area (Å²) in [4.78, 5) is 16.2. The van der Waals surface area contributed by atoms with Crippen LogP contribution in [0.2, 0.25) is 0 Å². The van der Waals surface area contributed by atoms with Gasteiger partial charge in [-0.25, -0.2) is 0 Å². The fraction of sp³-hybridized carbons (Fsp3) is 0.688. The van der Waals surface area contributed by atoms with E-state index in [1.54, 1.807) is 4.90 Å². The van der Waals surface area contributed by atoms with E-state index in [-0.39, 0.29) is 11.9 Å². The SMILES string of the molecule is CC1CC1c1ccc(CN2CCNCC2C(=O)N(C)C)o1. The van der Waals surface area contributed by atoms with E-state index in [0.717, 1.165) is 30.5 Å². The van der Waals surface area contributed by atoms with Crippen molar-refractivity contribution >= 4 is 5.91 Å². The largest absolute Gasteiger partial charge is 0.464 e. The third-order valence-electron chi connectivity index (χ3n) is 4.60. The second-order valence-electron chi connectivity index (χ2n) is 6.55. The Morgan fingerprint density at radius 3 is 2.90 bits per heavy atom. The molecule has 1 N–H and O–H groups in total. The van der Waals surface area contributed by atoms with Gasteiger partial charge in [0.2, 0.25) is 5.91 Å². The summed E-state index contributed by atoms with van der Waals surface area (Å²) in [5.41, 5.74) is 0. The molecule has 0 bridgehead atoms. The van der Waals surface area contributed by atoms with Crippen LogP contribution < -0.4 is 5.32 Å². The van der Waals surface area contributed by atoms with Gasteiger partial charge >= 0.3 is 0 Å². The van der Waals surface area contributed by atoms with Gasteiger partial charge in [0.15, 0.2) is 0 Å². The van der Waals surface area contributed by atoms with Gasteiger partial charge in [-0.05, 0) is 24.5 Å². The van der Waals surface area contributed by atoms with E-state index in [2.05, 4.69) is 29.3 Å². The van der Waals surface area contributed by atoms with Gasteiger partial charge in [0.25, 0.3) is 0 Å². The van der Waals surface area contributed by atoms with Crippen LogP contribution in [-0.4, -0.2) is 55.5 Å². The predicted molar refractivity (Wildman–Crippen MR) is 81.0 cm³/mol. The summed E-state index contributed by atoms with van der Waals surface area (Å²) in [7, 11) is 3.63. The molecule has 21 heavy (non-hydrogen) atoms. The number of hydrogen-bond donors (Lipinski definition) is 1. The zero-order chi connectivity index (χ0) is 15.0. The maximum Gasteiger partial charge on any atom is 0.240 e. The Balaban J connectivity index is 1.66. The minimum absolute atomic E-state index is 0.0952. The first-order valence-electron chi connectivity index (χ1n) is 7.81. The molecule has 1 aliphatic carbocycles. The molecule has 3 atom stereocenters. The number of amides is 1. The van der Waals surface area contributed by atoms with Gasteiger partial charge in [0.1, 0.15) is 17.6 Å². The Kier molecular flexibility index (Phi) is 4.04. The molecule has 5 heteroatoms. The monoisotopic (exact) mass is 291 g/mol. The minimum atomic E-state index is -0.0952. The van der Waals surface area contributed by atoms with E-state index in [0.29, 0.717) is 19.0 Å². The minimum Gasteiger partial charge on any atom is -0.464 e. The number of nitrogens with zero attached hydrogens (tertiary/aromatic N) is 2. The lowest BCUT2D eigenvalue weighted by atomic mass is 10.1. The second-order valence-corrected chi connectivity index (χ2v) is 6.55. The van der Waals surface area contributed by atoms with Crippen LogP contribution in [-0.2, 0) is 11.3 Å². The van der Waals surface area contributed by atoms with Crippen LogP contribution >= 0.6 is 0 Å². The molecule has 1 aliphatic heterocycles. The normalized spacial score (nSPS) is 29.4. The standard InChI is InChI=1S/C16H25N3O2/c1-11-8-13(11)15-5-4-12(21-15)10-19-7-6-17-9-14(19)16(20)18(2)3/h4-5,11,13-14,17H,6-10H2,1-3H3. The quantitative estimate of drug-likeness (QED) is 0.907. The number of likely N-dealkylation sites (N-methyl/N-ethyl adjacent to an activating group) is 1. The summed E-state index contributed by atoms with van der Waals surface area (Å²) >= 11 is 0. The third kappa shape index (κ3) is 3.14. The van der Waals surface area contributed by atoms with Crippen LogP contribution in [0.4, 0.5) is 0 Å². The second kappa shape index (κ2) is 5.81. The van der Waals surface area contributed by atoms with Crippen molar-refractivity contribution in [1.29, 1.82) is 0 Å². The van der Waals surface area contributed by atoms with Crippen LogP contribution in [0, 0.1) is 5.92 Å². The third-order valence-corrected chi connectivity index (χ3v) is 4.60. The van der Waals surface area contributed by atoms with Crippen LogP contribution in [0.15, 0.2) is 16.5 Å². The van der Waals surface area contributed by atoms with Gasteiger partial charge in [-0.15, -0.1) is 0 Å². The van der Waals surface area contributed by atoms with Crippen molar-refractivity contribution in [3.8, 4) is 0 Å². The first kappa shape index (κ1) is 14.6. The first-order valence-corrected chi connectivity index (χ1v) is 7.81. The molecule has 0 spiro atoms. The summed E-state index contributed by atoms with van der Waals surface area (Å²) in [6, 6.07) is 4.08. The van der Waals surface area contributed by atoms with Crippen molar-refractivity contribution in [3.63, 3.8) is 0 Å². The Hall–Kier alpha value is -1.33. The number of carbonyl (C=O) groups is 1. The Morgan fingerprint density at radius 2 is 2.24 bits per heavy atom. The molecule has 1 saturated carbocycles. The molecule has 0 radical (unpaired) electrons. The van der Waals surface area contributed by atoms with Crippen molar-refractivity contribution in [2.75, 3.05) is 33.7 Å². The topological polar surface area (TPSA) is 48.7 Å². The van der Waals surface area contributed by atoms with E-state index < -0.39 is 0 Å². The van der Waals surface area contributed by atoms with Gasteiger partial charge in [0.05, 0.1) is 6.54 Å². The highest BCUT2D eigenvalue weighted by Gasteiger charge is 2.37. The lowest BCUT2D eigenvalue weighted by Crippen LogP contribution is -2.57. The maximum atomic E-state index is 12.3. The van der Waals surface area contributed by atoms with Gasteiger partial charge in [-0.3, -0.25) is 9.69 Å². The number of nitrogens with one attached hydrogen (secondary N) is 1. The van der Waals surface area contributed by atoms with Crippen LogP contribution in [0.5, 0.6) is 0 Å². The highest BCUT2D eigenvalue weighted by atomic mass is 16.3. The first-order chi connectivity index (χ1) is 10.1. The number of rotatable bonds is 4. The summed E-state index contributed by atoms with van der Waals surface area (Å²) < 4.78 is 5.98. The van der Waals surface area contributed by atoms with Gasteiger partial charge < -0.3 is 14.6 Å². The molecular formula is C16H25N3O2. The van der Waals surface area contributed by atoms with Crippen LogP contribution in [0.3, 0.4) is 0 Å². The van der Waals surface area contributed by atoms with Crippen LogP contribution in [0.1, 0.15) is 30.8 Å². The molecule has 1 amide bonds. The van der Waals surface area contributed by atoms with E-state index in [9.17, 15) is 4.79 Å². The van der Waals surface area contributed by atoms with E-state index in [4.69, 9.17) is 4.42 Å². The molecule has 3 unspecified atom stereocenters. The fourth-order valence-electron chi connectivity index (χ4n) is 3.07. The molecule has 2 fully saturated rings. The zero-order valence-electron chi connectivity index (χ0n) is 13.1. The fourth-order valence-corrected chi connectivity index (χ4v) is 3.07. The predicted octanol–water partition coefficient (Wildman–Crippen LogP) is 1.26. The van der Waals surface area contributed by atoms with Crippen LogP contribution in [0.25, 0.3) is 0 Å². The average molecular weight is 291 g/mol. The number of furan rings is 1. The molecule has 5 nitrogen and oxygen atoms in total. The van der Waals surface area contributed by atoms with Crippen molar-refractivity contribution < 1.29 is 9.21 Å². The highest BCUT2D eigenvalue weighted by molar-refractivity contribution is 5.81. The molecule has 1 saturated heterocycles. The van der Waals surface area contributed by atoms with Crippen molar-refractivity contribution in [2.45, 2.75) is 31.8 Å². The molecule has 0 aromatic carbocycles. The Labute approximate surface area is 126 Å². The van der Waals surface area contributed by atoms with Crippen molar-refractivity contribution in [2.24, 2.45) is 5.92 Å². The molecule has 3 rings (SSSR count). The average Bonchev–Trinajstić information content (AvgIpc) is 3.01. The van der Waals surface area contributed by atoms with Crippen molar-refractivity contribution in [3.05, 3.63) is 23.7 Å². The summed E-state index contributed by atoms with van der Waals surface area (Å²) in [6.45, 7) is 5.48. The number of hydrogen-bond acceptors (Lipinski definition) is 4.